The van der Waals surface area contributed by atoms with Gasteiger partial charge in [0, 0.05) is 6.42 Å². The van der Waals surface area contributed by atoms with Gasteiger partial charge >= 0.3 is 0 Å². The molecule has 1 radical (unpaired) electrons. The summed E-state index contributed by atoms with van der Waals surface area (Å²) in [5, 5.41) is 0. The molecule has 1 aromatic carbocycles. The first-order valence-electron chi connectivity index (χ1n) is 4.32. The Morgan fingerprint density at radius 1 is 1.00 bits per heavy atom. The second-order valence-corrected chi connectivity index (χ2v) is 3.49. The van der Waals surface area contributed by atoms with E-state index in [9.17, 15) is 0 Å². The Kier molecular flexibility index (Phi) is 1.57. The molecule has 0 saturated carbocycles. The zero-order chi connectivity index (χ0) is 8.72. The number of aryl methyl sites for hydroxylation is 1. The number of hydrogen-bond donors (Lipinski definition) is 0. The summed E-state index contributed by atoms with van der Waals surface area (Å²) < 4.78 is 0. The van der Waals surface area contributed by atoms with E-state index in [1.807, 2.05) is 0 Å². The van der Waals surface area contributed by atoms with Gasteiger partial charge in [0.1, 0.15) is 0 Å². The first kappa shape index (κ1) is 7.60. The molecule has 61 valence electrons. The Morgan fingerprint density at radius 3 is 2.42 bits per heavy atom. The maximum Gasteiger partial charge on any atom is 0.0164 e. The minimum atomic E-state index is 1.38. The molecule has 0 bridgehead atoms. The van der Waals surface area contributed by atoms with Crippen LogP contribution in [0.4, 0.5) is 0 Å². The molecule has 1 aliphatic rings. The van der Waals surface area contributed by atoms with Crippen molar-refractivity contribution in [2.45, 2.75) is 20.8 Å². The van der Waals surface area contributed by atoms with E-state index in [1.165, 1.54) is 27.8 Å². The van der Waals surface area contributed by atoms with E-state index in [0.717, 1.165) is 0 Å². The first-order chi connectivity index (χ1) is 5.70. The fraction of sp³-hybridized carbons (Fsp3) is 0.250. The molecule has 1 aromatic rings. The molecule has 0 saturated heterocycles. The van der Waals surface area contributed by atoms with Gasteiger partial charge in [0.05, 0.1) is 0 Å². The standard InChI is InChI=1S/C12H13/c1-8-5-4-6-11-7-9(2)10(3)12(8)11/h4-7H,1-3H3. The highest BCUT2D eigenvalue weighted by molar-refractivity contribution is 5.80. The second kappa shape index (κ2) is 2.48. The molecule has 0 aromatic heterocycles. The molecule has 0 fully saturated rings. The van der Waals surface area contributed by atoms with E-state index >= 15 is 0 Å². The molecule has 0 heteroatoms. The van der Waals surface area contributed by atoms with Crippen LogP contribution in [0.15, 0.2) is 23.8 Å². The van der Waals surface area contributed by atoms with Crippen molar-refractivity contribution in [1.29, 1.82) is 0 Å². The minimum Gasteiger partial charge on any atom is -0.0617 e. The molecule has 0 spiro atoms. The van der Waals surface area contributed by atoms with Gasteiger partial charge in [-0.1, -0.05) is 23.8 Å². The van der Waals surface area contributed by atoms with Gasteiger partial charge in [-0.05, 0) is 43.0 Å². The molecule has 12 heavy (non-hydrogen) atoms. The Labute approximate surface area is 73.9 Å². The van der Waals surface area contributed by atoms with E-state index in [0.29, 0.717) is 0 Å². The smallest absolute Gasteiger partial charge is 0.0164 e. The van der Waals surface area contributed by atoms with E-state index < -0.39 is 0 Å². The van der Waals surface area contributed by atoms with Gasteiger partial charge in [-0.3, -0.25) is 0 Å². The third-order valence-electron chi connectivity index (χ3n) is 2.64. The van der Waals surface area contributed by atoms with Crippen LogP contribution in [-0.4, -0.2) is 0 Å². The second-order valence-electron chi connectivity index (χ2n) is 3.49. The summed E-state index contributed by atoms with van der Waals surface area (Å²) >= 11 is 0. The van der Waals surface area contributed by atoms with Gasteiger partial charge in [0.15, 0.2) is 0 Å². The minimum absolute atomic E-state index is 1.38. The third kappa shape index (κ3) is 0.911. The molecule has 0 N–H and O–H groups in total. The molecule has 0 atom stereocenters. The summed E-state index contributed by atoms with van der Waals surface area (Å²) in [7, 11) is 0. The molecular weight excluding hydrogens is 144 g/mol. The zero-order valence-corrected chi connectivity index (χ0v) is 7.81. The lowest BCUT2D eigenvalue weighted by atomic mass is 10.0. The predicted molar refractivity (Wildman–Crippen MR) is 52.8 cm³/mol. The third-order valence-corrected chi connectivity index (χ3v) is 2.64. The highest BCUT2D eigenvalue weighted by Gasteiger charge is 2.16. The lowest BCUT2D eigenvalue weighted by Gasteiger charge is -2.04. The van der Waals surface area contributed by atoms with Crippen LogP contribution in [0, 0.1) is 13.3 Å². The molecule has 1 aliphatic carbocycles. The normalized spacial score (nSPS) is 15.2. The van der Waals surface area contributed by atoms with Crippen molar-refractivity contribution in [1.82, 2.24) is 0 Å². The van der Waals surface area contributed by atoms with Crippen molar-refractivity contribution >= 4 is 5.57 Å². The topological polar surface area (TPSA) is 0 Å². The van der Waals surface area contributed by atoms with Crippen LogP contribution in [0.25, 0.3) is 5.57 Å². The number of rotatable bonds is 0. The molecule has 2 rings (SSSR count). The predicted octanol–water partition coefficient (Wildman–Crippen LogP) is 3.35. The van der Waals surface area contributed by atoms with Crippen molar-refractivity contribution in [3.8, 4) is 0 Å². The number of allylic oxidation sites excluding steroid dienone is 2. The Balaban J connectivity index is 2.67. The number of fused-ring (bicyclic) bond motifs is 1. The molecule has 0 unspecified atom stereocenters. The monoisotopic (exact) mass is 157 g/mol. The lowest BCUT2D eigenvalue weighted by Crippen LogP contribution is -1.85. The Morgan fingerprint density at radius 2 is 1.75 bits per heavy atom. The van der Waals surface area contributed by atoms with Crippen LogP contribution in [0.3, 0.4) is 0 Å². The van der Waals surface area contributed by atoms with E-state index in [4.69, 9.17) is 0 Å². The Hall–Kier alpha value is -1.04. The summed E-state index contributed by atoms with van der Waals surface area (Å²) in [5.74, 6) is 0. The molecule has 0 amide bonds. The van der Waals surface area contributed by atoms with Gasteiger partial charge < -0.3 is 0 Å². The lowest BCUT2D eigenvalue weighted by molar-refractivity contribution is 1.39. The fourth-order valence-electron chi connectivity index (χ4n) is 1.86. The van der Waals surface area contributed by atoms with E-state index in [1.54, 1.807) is 0 Å². The van der Waals surface area contributed by atoms with Crippen molar-refractivity contribution in [2.75, 3.05) is 0 Å². The van der Waals surface area contributed by atoms with Gasteiger partial charge in [0.25, 0.3) is 0 Å². The molecule has 0 heterocycles. The first-order valence-corrected chi connectivity index (χ1v) is 4.32. The van der Waals surface area contributed by atoms with Gasteiger partial charge in [-0.2, -0.15) is 0 Å². The average Bonchev–Trinajstić information content (AvgIpc) is 2.29. The zero-order valence-electron chi connectivity index (χ0n) is 7.81. The fourth-order valence-corrected chi connectivity index (χ4v) is 1.86. The van der Waals surface area contributed by atoms with Crippen LogP contribution in [0.1, 0.15) is 30.5 Å². The van der Waals surface area contributed by atoms with Gasteiger partial charge in [-0.15, -0.1) is 0 Å². The van der Waals surface area contributed by atoms with Crippen LogP contribution in [-0.2, 0) is 0 Å². The van der Waals surface area contributed by atoms with Crippen LogP contribution >= 0.6 is 0 Å². The Bertz CT molecular complexity index is 356. The highest BCUT2D eigenvalue weighted by atomic mass is 14.2. The van der Waals surface area contributed by atoms with E-state index in [-0.39, 0.29) is 0 Å². The maximum atomic E-state index is 2.26. The summed E-state index contributed by atoms with van der Waals surface area (Å²) in [4.78, 5) is 0. The summed E-state index contributed by atoms with van der Waals surface area (Å²) in [6.07, 6.45) is 2.26. The average molecular weight is 157 g/mol. The summed E-state index contributed by atoms with van der Waals surface area (Å²) in [6, 6.07) is 6.48. The van der Waals surface area contributed by atoms with Crippen LogP contribution in [0.2, 0.25) is 0 Å². The van der Waals surface area contributed by atoms with Crippen molar-refractivity contribution in [3.05, 3.63) is 46.9 Å². The summed E-state index contributed by atoms with van der Waals surface area (Å²) in [5.41, 5.74) is 7.04. The van der Waals surface area contributed by atoms with Gasteiger partial charge in [-0.25, -0.2) is 0 Å². The van der Waals surface area contributed by atoms with Crippen molar-refractivity contribution in [2.24, 2.45) is 0 Å². The quantitative estimate of drug-likeness (QED) is 0.541. The molecular formula is C12H13. The van der Waals surface area contributed by atoms with Crippen LogP contribution in [0.5, 0.6) is 0 Å². The largest absolute Gasteiger partial charge is 0.0617 e. The molecule has 0 aliphatic heterocycles. The van der Waals surface area contributed by atoms with Gasteiger partial charge in [0.2, 0.25) is 0 Å². The SMILES string of the molecule is CC1=C(C)c2c(C)cccc2[CH]1. The van der Waals surface area contributed by atoms with Crippen molar-refractivity contribution < 1.29 is 0 Å². The maximum absolute atomic E-state index is 2.26. The van der Waals surface area contributed by atoms with E-state index in [2.05, 4.69) is 45.4 Å². The summed E-state index contributed by atoms with van der Waals surface area (Å²) in [6.45, 7) is 6.55. The number of benzene rings is 1. The number of hydrogen-bond acceptors (Lipinski definition) is 0. The van der Waals surface area contributed by atoms with Crippen LogP contribution < -0.4 is 0 Å². The highest BCUT2D eigenvalue weighted by Crippen LogP contribution is 2.35. The molecule has 0 nitrogen and oxygen atoms in total. The van der Waals surface area contributed by atoms with Crippen molar-refractivity contribution in [3.63, 3.8) is 0 Å².